The fourth-order valence-electron chi connectivity index (χ4n) is 1.53. The molecule has 4 heteroatoms. The predicted molar refractivity (Wildman–Crippen MR) is 63.1 cm³/mol. The number of carbonyl (C=O) groups is 1. The number of carboxylic acid groups (broad SMARTS) is 1. The SMILES string of the molecule is Cc1cc(OCC(=O)O)c(C(C)C)cc1C#N. The molecule has 0 aromatic heterocycles. The number of rotatable bonds is 4. The van der Waals surface area contributed by atoms with Gasteiger partial charge in [0.1, 0.15) is 5.75 Å². The van der Waals surface area contributed by atoms with Crippen LogP contribution in [0.1, 0.15) is 36.5 Å². The lowest BCUT2D eigenvalue weighted by atomic mass is 9.97. The lowest BCUT2D eigenvalue weighted by molar-refractivity contribution is -0.139. The quantitative estimate of drug-likeness (QED) is 0.867. The van der Waals surface area contributed by atoms with E-state index in [1.54, 1.807) is 19.1 Å². The van der Waals surface area contributed by atoms with Crippen LogP contribution in [-0.2, 0) is 4.79 Å². The van der Waals surface area contributed by atoms with Crippen molar-refractivity contribution in [2.24, 2.45) is 0 Å². The molecule has 1 aromatic rings. The van der Waals surface area contributed by atoms with Crippen LogP contribution in [0.15, 0.2) is 12.1 Å². The minimum atomic E-state index is -1.01. The smallest absolute Gasteiger partial charge is 0.341 e. The zero-order valence-corrected chi connectivity index (χ0v) is 10.2. The third-order valence-electron chi connectivity index (χ3n) is 2.45. The molecule has 0 aliphatic heterocycles. The molecule has 4 nitrogen and oxygen atoms in total. The molecule has 0 fully saturated rings. The Morgan fingerprint density at radius 3 is 2.65 bits per heavy atom. The van der Waals surface area contributed by atoms with Gasteiger partial charge in [-0.05, 0) is 36.1 Å². The molecule has 0 spiro atoms. The average Bonchev–Trinajstić information content (AvgIpc) is 2.25. The van der Waals surface area contributed by atoms with Crippen molar-refractivity contribution in [2.45, 2.75) is 26.7 Å². The van der Waals surface area contributed by atoms with E-state index in [0.717, 1.165) is 11.1 Å². The Balaban J connectivity index is 3.14. The molecule has 0 amide bonds. The van der Waals surface area contributed by atoms with Gasteiger partial charge in [-0.2, -0.15) is 5.26 Å². The lowest BCUT2D eigenvalue weighted by Gasteiger charge is -2.14. The van der Waals surface area contributed by atoms with E-state index < -0.39 is 5.97 Å². The number of ether oxygens (including phenoxy) is 1. The second-order valence-electron chi connectivity index (χ2n) is 4.15. The van der Waals surface area contributed by atoms with Crippen molar-refractivity contribution in [3.8, 4) is 11.8 Å². The van der Waals surface area contributed by atoms with Crippen LogP contribution < -0.4 is 4.74 Å². The number of aliphatic carboxylic acids is 1. The first-order valence-corrected chi connectivity index (χ1v) is 5.35. The normalized spacial score (nSPS) is 10.1. The third-order valence-corrected chi connectivity index (χ3v) is 2.45. The molecule has 1 N–H and O–H groups in total. The largest absolute Gasteiger partial charge is 0.482 e. The molecule has 0 atom stereocenters. The van der Waals surface area contributed by atoms with Gasteiger partial charge in [0.05, 0.1) is 11.6 Å². The fraction of sp³-hybridized carbons (Fsp3) is 0.385. The van der Waals surface area contributed by atoms with Crippen LogP contribution in [0.25, 0.3) is 0 Å². The van der Waals surface area contributed by atoms with E-state index >= 15 is 0 Å². The van der Waals surface area contributed by atoms with Crippen LogP contribution in [0.5, 0.6) is 5.75 Å². The van der Waals surface area contributed by atoms with Crippen molar-refractivity contribution in [3.63, 3.8) is 0 Å². The molecule has 0 saturated carbocycles. The molecule has 0 aliphatic rings. The van der Waals surface area contributed by atoms with Gasteiger partial charge in [0, 0.05) is 0 Å². The molecule has 0 radical (unpaired) electrons. The van der Waals surface area contributed by atoms with E-state index in [-0.39, 0.29) is 12.5 Å². The number of hydrogen-bond acceptors (Lipinski definition) is 3. The Bertz CT molecular complexity index is 472. The number of aryl methyl sites for hydroxylation is 1. The summed E-state index contributed by atoms with van der Waals surface area (Å²) in [7, 11) is 0. The number of carboxylic acids is 1. The second-order valence-corrected chi connectivity index (χ2v) is 4.15. The molecule has 17 heavy (non-hydrogen) atoms. The van der Waals surface area contributed by atoms with E-state index in [1.165, 1.54) is 0 Å². The summed E-state index contributed by atoms with van der Waals surface area (Å²) in [5.41, 5.74) is 2.24. The number of hydrogen-bond donors (Lipinski definition) is 1. The summed E-state index contributed by atoms with van der Waals surface area (Å²) in [6, 6.07) is 5.59. The van der Waals surface area contributed by atoms with E-state index in [9.17, 15) is 4.79 Å². The van der Waals surface area contributed by atoms with Crippen LogP contribution in [0, 0.1) is 18.3 Å². The number of nitriles is 1. The van der Waals surface area contributed by atoms with Gasteiger partial charge in [-0.25, -0.2) is 4.79 Å². The Hall–Kier alpha value is -2.02. The Morgan fingerprint density at radius 2 is 2.18 bits per heavy atom. The zero-order chi connectivity index (χ0) is 13.0. The van der Waals surface area contributed by atoms with Crippen LogP contribution >= 0.6 is 0 Å². The zero-order valence-electron chi connectivity index (χ0n) is 10.2. The van der Waals surface area contributed by atoms with Gasteiger partial charge in [-0.1, -0.05) is 13.8 Å². The van der Waals surface area contributed by atoms with Crippen LogP contribution in [0.3, 0.4) is 0 Å². The van der Waals surface area contributed by atoms with E-state index in [0.29, 0.717) is 11.3 Å². The maximum atomic E-state index is 10.5. The molecule has 1 rings (SSSR count). The summed E-state index contributed by atoms with van der Waals surface area (Å²) in [4.78, 5) is 10.5. The summed E-state index contributed by atoms with van der Waals surface area (Å²) >= 11 is 0. The summed E-state index contributed by atoms with van der Waals surface area (Å²) in [6.45, 7) is 5.38. The van der Waals surface area contributed by atoms with Gasteiger partial charge in [0.15, 0.2) is 6.61 Å². The molecule has 0 heterocycles. The highest BCUT2D eigenvalue weighted by Crippen LogP contribution is 2.29. The predicted octanol–water partition coefficient (Wildman–Crippen LogP) is 2.45. The monoisotopic (exact) mass is 233 g/mol. The van der Waals surface area contributed by atoms with Crippen molar-refractivity contribution in [1.29, 1.82) is 5.26 Å². The summed E-state index contributed by atoms with van der Waals surface area (Å²) in [6.07, 6.45) is 0. The molecule has 0 bridgehead atoms. The topological polar surface area (TPSA) is 70.3 Å². The Morgan fingerprint density at radius 1 is 1.53 bits per heavy atom. The van der Waals surface area contributed by atoms with Gasteiger partial charge in [0.25, 0.3) is 0 Å². The lowest BCUT2D eigenvalue weighted by Crippen LogP contribution is -2.11. The van der Waals surface area contributed by atoms with E-state index in [4.69, 9.17) is 15.1 Å². The molecule has 0 aliphatic carbocycles. The highest BCUT2D eigenvalue weighted by Gasteiger charge is 2.12. The maximum Gasteiger partial charge on any atom is 0.341 e. The summed E-state index contributed by atoms with van der Waals surface area (Å²) in [5, 5.41) is 17.5. The molecular formula is C13H15NO3. The number of benzene rings is 1. The molecule has 0 saturated heterocycles. The van der Waals surface area contributed by atoms with E-state index in [2.05, 4.69) is 6.07 Å². The first-order chi connectivity index (χ1) is 7.95. The first-order valence-electron chi connectivity index (χ1n) is 5.35. The molecule has 1 aromatic carbocycles. The fourth-order valence-corrected chi connectivity index (χ4v) is 1.53. The van der Waals surface area contributed by atoms with Crippen molar-refractivity contribution in [1.82, 2.24) is 0 Å². The van der Waals surface area contributed by atoms with Gasteiger partial charge in [0.2, 0.25) is 0 Å². The minimum Gasteiger partial charge on any atom is -0.482 e. The van der Waals surface area contributed by atoms with Crippen molar-refractivity contribution in [3.05, 3.63) is 28.8 Å². The van der Waals surface area contributed by atoms with Crippen LogP contribution in [0.4, 0.5) is 0 Å². The molecule has 0 unspecified atom stereocenters. The second kappa shape index (κ2) is 5.35. The van der Waals surface area contributed by atoms with Crippen molar-refractivity contribution < 1.29 is 14.6 Å². The minimum absolute atomic E-state index is 0.173. The summed E-state index contributed by atoms with van der Waals surface area (Å²) < 4.78 is 5.23. The van der Waals surface area contributed by atoms with Gasteiger partial charge >= 0.3 is 5.97 Å². The standard InChI is InChI=1S/C13H15NO3/c1-8(2)11-5-10(6-14)9(3)4-12(11)17-7-13(15)16/h4-5,8H,7H2,1-3H3,(H,15,16). The Kier molecular flexibility index (Phi) is 4.11. The number of nitrogens with zero attached hydrogens (tertiary/aromatic N) is 1. The van der Waals surface area contributed by atoms with Crippen LogP contribution in [0.2, 0.25) is 0 Å². The molecular weight excluding hydrogens is 218 g/mol. The van der Waals surface area contributed by atoms with Crippen molar-refractivity contribution >= 4 is 5.97 Å². The maximum absolute atomic E-state index is 10.5. The molecule has 90 valence electrons. The average molecular weight is 233 g/mol. The van der Waals surface area contributed by atoms with Crippen LogP contribution in [-0.4, -0.2) is 17.7 Å². The Labute approximate surface area is 100 Å². The van der Waals surface area contributed by atoms with E-state index in [1.807, 2.05) is 13.8 Å². The van der Waals surface area contributed by atoms with Gasteiger partial charge in [-0.3, -0.25) is 0 Å². The first kappa shape index (κ1) is 13.0. The summed E-state index contributed by atoms with van der Waals surface area (Å²) in [5.74, 6) is -0.299. The van der Waals surface area contributed by atoms with Gasteiger partial charge in [-0.15, -0.1) is 0 Å². The third kappa shape index (κ3) is 3.22. The van der Waals surface area contributed by atoms with Gasteiger partial charge < -0.3 is 9.84 Å². The highest BCUT2D eigenvalue weighted by atomic mass is 16.5. The van der Waals surface area contributed by atoms with Crippen molar-refractivity contribution in [2.75, 3.05) is 6.61 Å². The highest BCUT2D eigenvalue weighted by molar-refractivity contribution is 5.68.